The molecule has 8 heteroatoms. The molecule has 10 atom stereocenters. The Labute approximate surface area is 206 Å². The number of ether oxygens (including phenoxy) is 1. The molecule has 0 spiro atoms. The topological polar surface area (TPSA) is 95.9 Å². The molecule has 198 valence electrons. The average Bonchev–Trinajstić information content (AvgIpc) is 3.03. The molecule has 0 heterocycles. The van der Waals surface area contributed by atoms with Gasteiger partial charge in [-0.05, 0) is 55.1 Å². The van der Waals surface area contributed by atoms with Gasteiger partial charge in [0.15, 0.2) is 11.6 Å². The molecule has 0 aromatic carbocycles. The van der Waals surface area contributed by atoms with E-state index in [-0.39, 0.29) is 49.1 Å². The number of aliphatic hydroxyl groups is 2. The first-order chi connectivity index (χ1) is 16.3. The minimum Gasteiger partial charge on any atom is -0.390 e. The molecule has 0 aromatic heterocycles. The Bertz CT molecular complexity index is 912. The van der Waals surface area contributed by atoms with E-state index in [1.165, 1.54) is 6.08 Å². The number of alkyl halides is 2. The van der Waals surface area contributed by atoms with Crippen molar-refractivity contribution in [3.63, 3.8) is 0 Å². The summed E-state index contributed by atoms with van der Waals surface area (Å²) in [5.74, 6) is -1.80. The Morgan fingerprint density at radius 3 is 2.57 bits per heavy atom. The summed E-state index contributed by atoms with van der Waals surface area (Å²) in [4.78, 5) is 25.4. The predicted octanol–water partition coefficient (Wildman–Crippen LogP) is 3.44. The van der Waals surface area contributed by atoms with Crippen LogP contribution in [0.25, 0.3) is 0 Å². The highest BCUT2D eigenvalue weighted by Crippen LogP contribution is 2.72. The maximum Gasteiger partial charge on any atom is 0.166 e. The smallest absolute Gasteiger partial charge is 0.166 e. The van der Waals surface area contributed by atoms with Gasteiger partial charge in [-0.2, -0.15) is 0 Å². The molecule has 3 unspecified atom stereocenters. The van der Waals surface area contributed by atoms with Crippen molar-refractivity contribution in [3.8, 4) is 0 Å². The van der Waals surface area contributed by atoms with E-state index in [9.17, 15) is 19.8 Å². The molecule has 3 fully saturated rings. The normalized spacial score (nSPS) is 48.0. The fourth-order valence-corrected chi connectivity index (χ4v) is 8.50. The van der Waals surface area contributed by atoms with Crippen molar-refractivity contribution in [1.82, 2.24) is 5.32 Å². The zero-order chi connectivity index (χ0) is 26.0. The number of aliphatic hydroxyl groups excluding tert-OH is 2. The van der Waals surface area contributed by atoms with Gasteiger partial charge in [0.05, 0.1) is 6.10 Å². The first kappa shape index (κ1) is 26.8. The number of nitrogens with one attached hydrogen (secondary N) is 1. The maximum atomic E-state index is 17.4. The lowest BCUT2D eigenvalue weighted by Gasteiger charge is -2.64. The molecule has 0 radical (unpaired) electrons. The highest BCUT2D eigenvalue weighted by molar-refractivity contribution is 5.92. The van der Waals surface area contributed by atoms with Crippen molar-refractivity contribution in [3.05, 3.63) is 11.6 Å². The summed E-state index contributed by atoms with van der Waals surface area (Å²) < 4.78 is 38.7. The summed E-state index contributed by atoms with van der Waals surface area (Å²) in [6.07, 6.45) is 0.164. The van der Waals surface area contributed by atoms with Crippen LogP contribution in [0.2, 0.25) is 0 Å². The van der Waals surface area contributed by atoms with Gasteiger partial charge in [-0.25, -0.2) is 8.78 Å². The number of methoxy groups -OCH3 is 1. The number of Topliss-reactive ketones (excluding diaryl/α,β-unsaturated/α-hetero) is 1. The maximum absolute atomic E-state index is 17.4. The van der Waals surface area contributed by atoms with Crippen LogP contribution in [0.3, 0.4) is 0 Å². The number of ketones is 2. The molecule has 4 aliphatic rings. The van der Waals surface area contributed by atoms with Crippen LogP contribution in [0.1, 0.15) is 72.6 Å². The summed E-state index contributed by atoms with van der Waals surface area (Å²) in [6, 6.07) is -0.432. The van der Waals surface area contributed by atoms with E-state index in [0.717, 1.165) is 6.42 Å². The zero-order valence-corrected chi connectivity index (χ0v) is 21.6. The monoisotopic (exact) mass is 497 g/mol. The molecule has 3 N–H and O–H groups in total. The molecule has 4 aliphatic carbocycles. The van der Waals surface area contributed by atoms with Crippen LogP contribution < -0.4 is 5.32 Å². The fraction of sp³-hybridized carbons (Fsp3) is 0.852. The molecule has 4 rings (SSSR count). The van der Waals surface area contributed by atoms with Crippen LogP contribution in [0.4, 0.5) is 8.78 Å². The molecular weight excluding hydrogens is 456 g/mol. The summed E-state index contributed by atoms with van der Waals surface area (Å²) in [5, 5.41) is 24.9. The van der Waals surface area contributed by atoms with Crippen molar-refractivity contribution in [2.45, 2.75) is 103 Å². The number of carbonyl (C=O) groups excluding carboxylic acids is 2. The van der Waals surface area contributed by atoms with E-state index in [4.69, 9.17) is 4.74 Å². The molecule has 35 heavy (non-hydrogen) atoms. The van der Waals surface area contributed by atoms with Gasteiger partial charge in [-0.3, -0.25) is 14.9 Å². The van der Waals surface area contributed by atoms with Crippen LogP contribution in [0.15, 0.2) is 11.6 Å². The van der Waals surface area contributed by atoms with Crippen molar-refractivity contribution in [1.29, 1.82) is 0 Å². The minimum absolute atomic E-state index is 0.0181. The summed E-state index contributed by atoms with van der Waals surface area (Å²) in [7, 11) is 1.59. The second-order valence-corrected chi connectivity index (χ2v) is 12.0. The van der Waals surface area contributed by atoms with Crippen LogP contribution >= 0.6 is 0 Å². The zero-order valence-electron chi connectivity index (χ0n) is 21.6. The Morgan fingerprint density at radius 1 is 1.29 bits per heavy atom. The lowest BCUT2D eigenvalue weighted by atomic mass is 9.42. The minimum atomic E-state index is -2.12. The number of halogens is 2. The average molecular weight is 498 g/mol. The molecule has 0 bridgehead atoms. The van der Waals surface area contributed by atoms with Crippen LogP contribution in [-0.4, -0.2) is 65.7 Å². The third kappa shape index (κ3) is 3.46. The molecule has 0 saturated heterocycles. The predicted molar refractivity (Wildman–Crippen MR) is 127 cm³/mol. The van der Waals surface area contributed by atoms with Crippen LogP contribution in [0.5, 0.6) is 0 Å². The van der Waals surface area contributed by atoms with Gasteiger partial charge in [0.1, 0.15) is 24.7 Å². The van der Waals surface area contributed by atoms with Gasteiger partial charge < -0.3 is 14.9 Å². The van der Waals surface area contributed by atoms with Crippen molar-refractivity contribution in [2.24, 2.45) is 28.1 Å². The lowest BCUT2D eigenvalue weighted by molar-refractivity contribution is -0.222. The van der Waals surface area contributed by atoms with Crippen molar-refractivity contribution >= 4 is 11.6 Å². The van der Waals surface area contributed by atoms with Crippen LogP contribution in [-0.2, 0) is 14.3 Å². The number of hydrogen-bond donors (Lipinski definition) is 3. The van der Waals surface area contributed by atoms with Crippen molar-refractivity contribution < 1.29 is 33.3 Å². The quantitative estimate of drug-likeness (QED) is 0.467. The SMILES string of the molecule is CCC[C@H](N[C@@H]1CC2C3C[C@H](F)C4=CC(=O)CC[C@]4(C)[C@@]3(F)C(O)C[C@]2(C)[C@@]1(C)C(=O)CO)OC. The van der Waals surface area contributed by atoms with Gasteiger partial charge in [0.2, 0.25) is 0 Å². The molecule has 6 nitrogen and oxygen atoms in total. The Balaban J connectivity index is 1.82. The number of rotatable bonds is 7. The lowest BCUT2D eigenvalue weighted by Crippen LogP contribution is -2.70. The largest absolute Gasteiger partial charge is 0.390 e. The first-order valence-corrected chi connectivity index (χ1v) is 13.0. The van der Waals surface area contributed by atoms with Gasteiger partial charge in [0.25, 0.3) is 0 Å². The van der Waals surface area contributed by atoms with Gasteiger partial charge in [-0.1, -0.05) is 34.1 Å². The van der Waals surface area contributed by atoms with Gasteiger partial charge in [-0.15, -0.1) is 0 Å². The number of allylic oxidation sites excluding steroid dienone is 1. The summed E-state index contributed by atoms with van der Waals surface area (Å²) >= 11 is 0. The molecule has 0 amide bonds. The number of fused-ring (bicyclic) bond motifs is 5. The Kier molecular flexibility index (Phi) is 6.87. The highest BCUT2D eigenvalue weighted by atomic mass is 19.1. The van der Waals surface area contributed by atoms with Gasteiger partial charge >= 0.3 is 0 Å². The highest BCUT2D eigenvalue weighted by Gasteiger charge is 2.76. The second-order valence-electron chi connectivity index (χ2n) is 12.0. The van der Waals surface area contributed by atoms with E-state index in [1.807, 2.05) is 13.8 Å². The van der Waals surface area contributed by atoms with E-state index < -0.39 is 58.7 Å². The van der Waals surface area contributed by atoms with Crippen LogP contribution in [0, 0.1) is 28.1 Å². The van der Waals surface area contributed by atoms with E-state index in [2.05, 4.69) is 5.32 Å². The van der Waals surface area contributed by atoms with Crippen molar-refractivity contribution in [2.75, 3.05) is 13.7 Å². The first-order valence-electron chi connectivity index (χ1n) is 13.0. The third-order valence-corrected chi connectivity index (χ3v) is 10.7. The molecular formula is C27H41F2NO5. The summed E-state index contributed by atoms with van der Waals surface area (Å²) in [5.41, 5.74) is -5.21. The number of hydrogen-bond acceptors (Lipinski definition) is 6. The Hall–Kier alpha value is -1.22. The van der Waals surface area contributed by atoms with E-state index in [1.54, 1.807) is 21.0 Å². The Morgan fingerprint density at radius 2 is 1.97 bits per heavy atom. The molecule has 0 aromatic rings. The third-order valence-electron chi connectivity index (χ3n) is 10.7. The fourth-order valence-electron chi connectivity index (χ4n) is 8.50. The van der Waals surface area contributed by atoms with E-state index >= 15 is 8.78 Å². The number of carbonyl (C=O) groups is 2. The van der Waals surface area contributed by atoms with Gasteiger partial charge in [0, 0.05) is 36.3 Å². The van der Waals surface area contributed by atoms with E-state index in [0.29, 0.717) is 12.8 Å². The second kappa shape index (κ2) is 8.96. The molecule has 0 aliphatic heterocycles. The standard InChI is InChI=1S/C27H41F2NO5/c1-6-7-23(35-5)30-20-12-16-17-11-19(28)18-10-15(32)8-9-24(18,2)27(17,29)21(33)13-25(16,3)26(20,4)22(34)14-31/h10,16-17,19-21,23,30-31,33H,6-9,11-14H2,1-5H3/t16?,17?,19-,20+,21?,23+,24-,25-,26+,27-/m0/s1. The molecule has 3 saturated carbocycles. The summed E-state index contributed by atoms with van der Waals surface area (Å²) in [6.45, 7) is 6.70.